The fourth-order valence-corrected chi connectivity index (χ4v) is 2.85. The molecular formula is C13H18N4OS. The molecule has 4 N–H and O–H groups in total. The van der Waals surface area contributed by atoms with Crippen LogP contribution in [0.5, 0.6) is 0 Å². The second kappa shape index (κ2) is 5.24. The molecule has 5 nitrogen and oxygen atoms in total. The van der Waals surface area contributed by atoms with Gasteiger partial charge in [-0.25, -0.2) is 5.01 Å². The van der Waals surface area contributed by atoms with Crippen molar-refractivity contribution in [3.05, 3.63) is 34.2 Å². The first kappa shape index (κ1) is 13.9. The topological polar surface area (TPSA) is 75.6 Å². The number of anilines is 2. The summed E-state index contributed by atoms with van der Waals surface area (Å²) in [4.78, 5) is 13.2. The number of Topliss-reactive ketones (excluding diaryl/α,β-unsaturated/α-hetero) is 1. The van der Waals surface area contributed by atoms with Gasteiger partial charge in [0.15, 0.2) is 0 Å². The maximum Gasteiger partial charge on any atom is 0.200 e. The summed E-state index contributed by atoms with van der Waals surface area (Å²) in [5, 5.41) is 1.96. The number of carbonyl (C=O) groups is 1. The van der Waals surface area contributed by atoms with E-state index in [4.69, 9.17) is 11.5 Å². The summed E-state index contributed by atoms with van der Waals surface area (Å²) in [5.74, 6) is -0.00134. The van der Waals surface area contributed by atoms with E-state index in [-0.39, 0.29) is 5.78 Å². The van der Waals surface area contributed by atoms with Gasteiger partial charge in [-0.05, 0) is 42.6 Å². The average molecular weight is 278 g/mol. The fraction of sp³-hybridized carbons (Fsp3) is 0.308. The number of hydrazine groups is 1. The summed E-state index contributed by atoms with van der Waals surface area (Å²) in [6, 6.07) is 5.02. The van der Waals surface area contributed by atoms with Crippen molar-refractivity contribution in [1.29, 1.82) is 0 Å². The van der Waals surface area contributed by atoms with Gasteiger partial charge in [-0.3, -0.25) is 4.79 Å². The van der Waals surface area contributed by atoms with Crippen LogP contribution in [-0.4, -0.2) is 35.8 Å². The van der Waals surface area contributed by atoms with Crippen molar-refractivity contribution in [2.75, 3.05) is 32.1 Å². The van der Waals surface area contributed by atoms with Crippen LogP contribution in [0.15, 0.2) is 28.7 Å². The molecule has 0 saturated heterocycles. The molecule has 0 spiro atoms. The molecule has 0 unspecified atom stereocenters. The molecule has 0 radical (unpaired) electrons. The molecule has 1 heterocycles. The average Bonchev–Trinajstić information content (AvgIpc) is 2.74. The van der Waals surface area contributed by atoms with E-state index in [9.17, 15) is 4.79 Å². The van der Waals surface area contributed by atoms with Gasteiger partial charge in [-0.15, -0.1) is 0 Å². The fourth-order valence-electron chi connectivity index (χ4n) is 1.80. The minimum atomic E-state index is -0.00134. The summed E-state index contributed by atoms with van der Waals surface area (Å²) >= 11 is 1.46. The Morgan fingerprint density at radius 1 is 1.32 bits per heavy atom. The molecular weight excluding hydrogens is 260 g/mol. The Bertz CT molecular complexity index is 554. The van der Waals surface area contributed by atoms with Crippen molar-refractivity contribution in [2.24, 2.45) is 0 Å². The van der Waals surface area contributed by atoms with Crippen LogP contribution in [0.3, 0.4) is 0 Å². The van der Waals surface area contributed by atoms with Gasteiger partial charge >= 0.3 is 0 Å². The highest BCUT2D eigenvalue weighted by molar-refractivity contribution is 8.02. The number of hydrogen-bond donors (Lipinski definition) is 2. The summed E-state index contributed by atoms with van der Waals surface area (Å²) in [6.07, 6.45) is 0. The summed E-state index contributed by atoms with van der Waals surface area (Å²) in [7, 11) is 3.91. The molecule has 0 atom stereocenters. The predicted molar refractivity (Wildman–Crippen MR) is 80.3 cm³/mol. The first-order valence-electron chi connectivity index (χ1n) is 5.92. The van der Waals surface area contributed by atoms with Crippen molar-refractivity contribution in [1.82, 2.24) is 9.42 Å². The Balaban J connectivity index is 2.25. The first-order valence-corrected chi connectivity index (χ1v) is 6.69. The Hall–Kier alpha value is -1.50. The summed E-state index contributed by atoms with van der Waals surface area (Å²) in [6.45, 7) is 2.73. The molecule has 0 amide bonds. The first-order chi connectivity index (χ1) is 8.90. The number of allylic oxidation sites excluding steroid dienone is 1. The molecule has 0 aliphatic carbocycles. The zero-order valence-corrected chi connectivity index (χ0v) is 12.1. The van der Waals surface area contributed by atoms with E-state index in [0.29, 0.717) is 16.9 Å². The van der Waals surface area contributed by atoms with Crippen molar-refractivity contribution >= 4 is 29.1 Å². The number of carbonyl (C=O) groups excluding carboxylic acids is 1. The maximum atomic E-state index is 12.5. The smallest absolute Gasteiger partial charge is 0.200 e. The molecule has 102 valence electrons. The molecule has 19 heavy (non-hydrogen) atoms. The Morgan fingerprint density at radius 2 is 2.00 bits per heavy atom. The van der Waals surface area contributed by atoms with Crippen LogP contribution in [0, 0.1) is 0 Å². The quantitative estimate of drug-likeness (QED) is 0.498. The minimum absolute atomic E-state index is 0.00134. The molecule has 0 aromatic heterocycles. The van der Waals surface area contributed by atoms with Gasteiger partial charge in [0.2, 0.25) is 5.78 Å². The molecule has 0 fully saturated rings. The van der Waals surface area contributed by atoms with E-state index in [2.05, 4.69) is 0 Å². The minimum Gasteiger partial charge on any atom is -0.397 e. The second-order valence-electron chi connectivity index (χ2n) is 4.73. The van der Waals surface area contributed by atoms with Crippen LogP contribution < -0.4 is 11.5 Å². The number of ketones is 1. The SMILES string of the molecule is CC1=C(C(=O)c2ccc(N)c(N)c2)SN(N(C)C)C1. The molecule has 6 heteroatoms. The lowest BCUT2D eigenvalue weighted by atomic mass is 10.1. The lowest BCUT2D eigenvalue weighted by Crippen LogP contribution is -2.29. The van der Waals surface area contributed by atoms with Crippen molar-refractivity contribution in [3.8, 4) is 0 Å². The monoisotopic (exact) mass is 278 g/mol. The van der Waals surface area contributed by atoms with Gasteiger partial charge in [-0.2, -0.15) is 4.41 Å². The van der Waals surface area contributed by atoms with E-state index in [1.165, 1.54) is 11.9 Å². The molecule has 2 rings (SSSR count). The van der Waals surface area contributed by atoms with Crippen LogP contribution in [0.4, 0.5) is 11.4 Å². The van der Waals surface area contributed by atoms with Gasteiger partial charge in [0, 0.05) is 26.2 Å². The predicted octanol–water partition coefficient (Wildman–Crippen LogP) is 1.75. The van der Waals surface area contributed by atoms with Crippen LogP contribution in [-0.2, 0) is 0 Å². The zero-order valence-electron chi connectivity index (χ0n) is 11.3. The van der Waals surface area contributed by atoms with E-state index < -0.39 is 0 Å². The third-order valence-electron chi connectivity index (χ3n) is 2.96. The number of nitrogen functional groups attached to an aromatic ring is 2. The molecule has 1 aliphatic rings. The molecule has 0 bridgehead atoms. The second-order valence-corrected chi connectivity index (χ2v) is 5.74. The normalized spacial score (nSPS) is 16.4. The van der Waals surface area contributed by atoms with Gasteiger partial charge in [0.25, 0.3) is 0 Å². The van der Waals surface area contributed by atoms with Gasteiger partial charge in [0.05, 0.1) is 16.3 Å². The number of nitrogens with two attached hydrogens (primary N) is 2. The summed E-state index contributed by atoms with van der Waals surface area (Å²) < 4.78 is 2.03. The van der Waals surface area contributed by atoms with E-state index >= 15 is 0 Å². The Morgan fingerprint density at radius 3 is 2.53 bits per heavy atom. The molecule has 1 aliphatic heterocycles. The van der Waals surface area contributed by atoms with E-state index in [1.54, 1.807) is 18.2 Å². The van der Waals surface area contributed by atoms with Gasteiger partial charge in [-0.1, -0.05) is 0 Å². The molecule has 1 aromatic carbocycles. The van der Waals surface area contributed by atoms with Crippen LogP contribution in [0.1, 0.15) is 17.3 Å². The summed E-state index contributed by atoms with van der Waals surface area (Å²) in [5.41, 5.74) is 14.0. The maximum absolute atomic E-state index is 12.5. The Kier molecular flexibility index (Phi) is 3.84. The molecule has 1 aromatic rings. The lowest BCUT2D eigenvalue weighted by Gasteiger charge is -2.21. The largest absolute Gasteiger partial charge is 0.397 e. The highest BCUT2D eigenvalue weighted by Gasteiger charge is 2.27. The molecule has 0 saturated carbocycles. The van der Waals surface area contributed by atoms with Crippen LogP contribution >= 0.6 is 11.9 Å². The van der Waals surface area contributed by atoms with Crippen molar-refractivity contribution in [2.45, 2.75) is 6.92 Å². The van der Waals surface area contributed by atoms with Crippen LogP contribution in [0.25, 0.3) is 0 Å². The number of nitrogens with zero attached hydrogens (tertiary/aromatic N) is 2. The number of rotatable bonds is 3. The number of benzene rings is 1. The third kappa shape index (κ3) is 2.75. The standard InChI is InChI=1S/C13H18N4OS/c1-8-7-17(16(2)3)19-13(8)12(18)9-4-5-10(14)11(15)6-9/h4-6H,7,14-15H2,1-3H3. The zero-order chi connectivity index (χ0) is 14.2. The lowest BCUT2D eigenvalue weighted by molar-refractivity contribution is 0.104. The van der Waals surface area contributed by atoms with Gasteiger partial charge in [0.1, 0.15) is 0 Å². The third-order valence-corrected chi connectivity index (χ3v) is 4.34. The number of hydrogen-bond acceptors (Lipinski definition) is 6. The Labute approximate surface area is 117 Å². The van der Waals surface area contributed by atoms with E-state index in [0.717, 1.165) is 17.0 Å². The highest BCUT2D eigenvalue weighted by Crippen LogP contribution is 2.35. The highest BCUT2D eigenvalue weighted by atomic mass is 32.2. The van der Waals surface area contributed by atoms with Crippen molar-refractivity contribution < 1.29 is 4.79 Å². The van der Waals surface area contributed by atoms with E-state index in [1.807, 2.05) is 30.4 Å². The van der Waals surface area contributed by atoms with Crippen molar-refractivity contribution in [3.63, 3.8) is 0 Å². The van der Waals surface area contributed by atoms with Crippen LogP contribution in [0.2, 0.25) is 0 Å². The van der Waals surface area contributed by atoms with Gasteiger partial charge < -0.3 is 11.5 Å².